The number of likely N-dealkylation sites (N-methyl/N-ethyl adjacent to an activating group) is 1. The minimum atomic E-state index is -0.861. The Kier molecular flexibility index (Phi) is 7.00. The standard InChI is InChI=1S/C9H18N2O3/c1-4-5-8(14-3)6-10-11(2)7-9(12)13/h4-5,8,10H,6-7H2,1-3H3,(H,12,13). The molecule has 0 saturated heterocycles. The van der Waals surface area contributed by atoms with Crippen LogP contribution in [0.25, 0.3) is 0 Å². The van der Waals surface area contributed by atoms with E-state index < -0.39 is 5.97 Å². The summed E-state index contributed by atoms with van der Waals surface area (Å²) in [6, 6.07) is 0. The van der Waals surface area contributed by atoms with Gasteiger partial charge in [-0.3, -0.25) is 10.2 Å². The molecule has 0 aromatic carbocycles. The fraction of sp³-hybridized carbons (Fsp3) is 0.667. The van der Waals surface area contributed by atoms with Crippen molar-refractivity contribution >= 4 is 5.97 Å². The highest BCUT2D eigenvalue weighted by molar-refractivity contribution is 5.68. The second-order valence-corrected chi connectivity index (χ2v) is 2.91. The van der Waals surface area contributed by atoms with Crippen molar-refractivity contribution in [3.63, 3.8) is 0 Å². The summed E-state index contributed by atoms with van der Waals surface area (Å²) >= 11 is 0. The number of allylic oxidation sites excluding steroid dienone is 1. The quantitative estimate of drug-likeness (QED) is 0.453. The molecule has 0 amide bonds. The second kappa shape index (κ2) is 7.49. The van der Waals surface area contributed by atoms with Crippen molar-refractivity contribution in [2.75, 3.05) is 27.2 Å². The first-order valence-electron chi connectivity index (χ1n) is 4.42. The van der Waals surface area contributed by atoms with Crippen LogP contribution in [0, 0.1) is 0 Å². The number of ether oxygens (including phenoxy) is 1. The molecule has 5 nitrogen and oxygen atoms in total. The van der Waals surface area contributed by atoms with E-state index in [-0.39, 0.29) is 12.6 Å². The minimum absolute atomic E-state index is 0.0313. The summed E-state index contributed by atoms with van der Waals surface area (Å²) in [4.78, 5) is 10.3. The van der Waals surface area contributed by atoms with Crippen molar-refractivity contribution in [2.45, 2.75) is 13.0 Å². The Morgan fingerprint density at radius 2 is 2.36 bits per heavy atom. The fourth-order valence-electron chi connectivity index (χ4n) is 0.949. The highest BCUT2D eigenvalue weighted by atomic mass is 16.5. The molecule has 0 fully saturated rings. The van der Waals surface area contributed by atoms with Crippen LogP contribution in [0.1, 0.15) is 6.92 Å². The highest BCUT2D eigenvalue weighted by Crippen LogP contribution is 1.90. The molecule has 0 aliphatic rings. The Morgan fingerprint density at radius 1 is 1.71 bits per heavy atom. The molecule has 0 aromatic heterocycles. The van der Waals surface area contributed by atoms with Gasteiger partial charge in [-0.25, -0.2) is 5.01 Å². The molecule has 0 aromatic rings. The summed E-state index contributed by atoms with van der Waals surface area (Å²) in [5.41, 5.74) is 2.93. The van der Waals surface area contributed by atoms with Crippen LogP contribution < -0.4 is 5.43 Å². The molecular weight excluding hydrogens is 184 g/mol. The predicted molar refractivity (Wildman–Crippen MR) is 53.9 cm³/mol. The van der Waals surface area contributed by atoms with E-state index in [0.717, 1.165) is 0 Å². The number of rotatable bonds is 7. The Bertz CT molecular complexity index is 194. The first-order chi connectivity index (χ1) is 6.60. The van der Waals surface area contributed by atoms with Crippen LogP contribution in [0.4, 0.5) is 0 Å². The zero-order chi connectivity index (χ0) is 11.0. The van der Waals surface area contributed by atoms with Crippen LogP contribution >= 0.6 is 0 Å². The van der Waals surface area contributed by atoms with Crippen molar-refractivity contribution in [1.82, 2.24) is 10.4 Å². The third kappa shape index (κ3) is 6.59. The third-order valence-corrected chi connectivity index (χ3v) is 1.64. The molecule has 5 heteroatoms. The Hall–Kier alpha value is -0.910. The molecule has 0 saturated carbocycles. The number of nitrogens with one attached hydrogen (secondary N) is 1. The zero-order valence-corrected chi connectivity index (χ0v) is 8.86. The predicted octanol–water partition coefficient (Wildman–Crippen LogP) is 0.0985. The number of hydrogen-bond donors (Lipinski definition) is 2. The van der Waals surface area contributed by atoms with Crippen LogP contribution in [0.5, 0.6) is 0 Å². The summed E-state index contributed by atoms with van der Waals surface area (Å²) in [5, 5.41) is 9.99. The van der Waals surface area contributed by atoms with Gasteiger partial charge < -0.3 is 9.84 Å². The van der Waals surface area contributed by atoms with E-state index in [2.05, 4.69) is 5.43 Å². The Balaban J connectivity index is 3.73. The van der Waals surface area contributed by atoms with Crippen LogP contribution in [0.2, 0.25) is 0 Å². The summed E-state index contributed by atoms with van der Waals surface area (Å²) in [5.74, 6) is -0.861. The monoisotopic (exact) mass is 202 g/mol. The lowest BCUT2D eigenvalue weighted by Crippen LogP contribution is -2.42. The van der Waals surface area contributed by atoms with Crippen LogP contribution in [0.3, 0.4) is 0 Å². The summed E-state index contributed by atoms with van der Waals surface area (Å²) in [6.45, 7) is 2.43. The second-order valence-electron chi connectivity index (χ2n) is 2.91. The molecular formula is C9H18N2O3. The van der Waals surface area contributed by atoms with Gasteiger partial charge in [0.15, 0.2) is 0 Å². The number of hydrogen-bond acceptors (Lipinski definition) is 4. The van der Waals surface area contributed by atoms with E-state index in [0.29, 0.717) is 6.54 Å². The van der Waals surface area contributed by atoms with Crippen LogP contribution in [0.15, 0.2) is 12.2 Å². The molecule has 82 valence electrons. The number of aliphatic carboxylic acids is 1. The summed E-state index contributed by atoms with van der Waals surface area (Å²) in [7, 11) is 3.29. The SMILES string of the molecule is CC=CC(CNN(C)CC(=O)O)OC. The molecule has 2 N–H and O–H groups in total. The molecule has 0 spiro atoms. The molecule has 0 aliphatic heterocycles. The topological polar surface area (TPSA) is 61.8 Å². The lowest BCUT2D eigenvalue weighted by Gasteiger charge is -2.18. The van der Waals surface area contributed by atoms with Gasteiger partial charge in [-0.1, -0.05) is 12.2 Å². The first-order valence-corrected chi connectivity index (χ1v) is 4.42. The first kappa shape index (κ1) is 13.1. The number of carboxylic acid groups (broad SMARTS) is 1. The lowest BCUT2D eigenvalue weighted by molar-refractivity contribution is -0.138. The fourth-order valence-corrected chi connectivity index (χ4v) is 0.949. The number of carbonyl (C=O) groups is 1. The molecule has 0 radical (unpaired) electrons. The molecule has 0 rings (SSSR count). The maximum absolute atomic E-state index is 10.3. The maximum Gasteiger partial charge on any atom is 0.319 e. The van der Waals surface area contributed by atoms with Gasteiger partial charge in [-0.05, 0) is 6.92 Å². The number of hydrazine groups is 1. The largest absolute Gasteiger partial charge is 0.480 e. The van der Waals surface area contributed by atoms with Gasteiger partial charge >= 0.3 is 5.97 Å². The van der Waals surface area contributed by atoms with Crippen molar-refractivity contribution < 1.29 is 14.6 Å². The molecule has 1 atom stereocenters. The van der Waals surface area contributed by atoms with Crippen LogP contribution in [-0.2, 0) is 9.53 Å². The van der Waals surface area contributed by atoms with Crippen LogP contribution in [-0.4, -0.2) is 49.4 Å². The summed E-state index contributed by atoms with van der Waals surface area (Å²) < 4.78 is 5.12. The van der Waals surface area contributed by atoms with Gasteiger partial charge in [-0.15, -0.1) is 0 Å². The minimum Gasteiger partial charge on any atom is -0.480 e. The van der Waals surface area contributed by atoms with Gasteiger partial charge in [-0.2, -0.15) is 0 Å². The van der Waals surface area contributed by atoms with E-state index >= 15 is 0 Å². The molecule has 1 unspecified atom stereocenters. The molecule has 0 aliphatic carbocycles. The smallest absolute Gasteiger partial charge is 0.319 e. The third-order valence-electron chi connectivity index (χ3n) is 1.64. The zero-order valence-electron chi connectivity index (χ0n) is 8.86. The number of methoxy groups -OCH3 is 1. The maximum atomic E-state index is 10.3. The molecule has 0 heterocycles. The van der Waals surface area contributed by atoms with Gasteiger partial charge in [0.1, 0.15) is 6.54 Å². The van der Waals surface area contributed by atoms with E-state index in [4.69, 9.17) is 9.84 Å². The van der Waals surface area contributed by atoms with Crippen molar-refractivity contribution in [2.24, 2.45) is 0 Å². The Morgan fingerprint density at radius 3 is 2.79 bits per heavy atom. The lowest BCUT2D eigenvalue weighted by atomic mass is 10.3. The number of carboxylic acids is 1. The van der Waals surface area contributed by atoms with Crippen molar-refractivity contribution in [3.8, 4) is 0 Å². The van der Waals surface area contributed by atoms with Gasteiger partial charge in [0.25, 0.3) is 0 Å². The van der Waals surface area contributed by atoms with E-state index in [1.54, 1.807) is 14.2 Å². The van der Waals surface area contributed by atoms with Gasteiger partial charge in [0.05, 0.1) is 6.10 Å². The average molecular weight is 202 g/mol. The molecule has 14 heavy (non-hydrogen) atoms. The van der Waals surface area contributed by atoms with E-state index in [1.165, 1.54) is 5.01 Å². The van der Waals surface area contributed by atoms with Gasteiger partial charge in [0, 0.05) is 20.7 Å². The van der Waals surface area contributed by atoms with Gasteiger partial charge in [0.2, 0.25) is 0 Å². The number of nitrogens with zero attached hydrogens (tertiary/aromatic N) is 1. The van der Waals surface area contributed by atoms with E-state index in [1.807, 2.05) is 19.1 Å². The normalized spacial score (nSPS) is 13.7. The average Bonchev–Trinajstić information content (AvgIpc) is 2.11. The highest BCUT2D eigenvalue weighted by Gasteiger charge is 2.06. The Labute approximate surface area is 84.3 Å². The van der Waals surface area contributed by atoms with Crippen molar-refractivity contribution in [3.05, 3.63) is 12.2 Å². The van der Waals surface area contributed by atoms with Crippen molar-refractivity contribution in [1.29, 1.82) is 0 Å². The molecule has 0 bridgehead atoms. The van der Waals surface area contributed by atoms with E-state index in [9.17, 15) is 4.79 Å². The summed E-state index contributed by atoms with van der Waals surface area (Å²) in [6.07, 6.45) is 3.77.